The molecule has 2 aromatic rings. The molecule has 7 heteroatoms. The average Bonchev–Trinajstić information content (AvgIpc) is 3.25. The monoisotopic (exact) mass is 446 g/mol. The first kappa shape index (κ1) is 24.0. The SMILES string of the molecule is Cl.Cl.N#Cc1ccc(N2CCC(NC(=O)C3CNCC3c3ccccc3)CC2)cc1. The van der Waals surface area contributed by atoms with Crippen molar-refractivity contribution in [1.82, 2.24) is 10.6 Å². The molecule has 2 atom stereocenters. The van der Waals surface area contributed by atoms with Crippen LogP contribution in [0.5, 0.6) is 0 Å². The van der Waals surface area contributed by atoms with Crippen molar-refractivity contribution in [3.63, 3.8) is 0 Å². The van der Waals surface area contributed by atoms with Crippen molar-refractivity contribution in [3.8, 4) is 6.07 Å². The zero-order valence-electron chi connectivity index (χ0n) is 16.8. The van der Waals surface area contributed by atoms with Crippen LogP contribution in [-0.2, 0) is 4.79 Å². The minimum Gasteiger partial charge on any atom is -0.371 e. The molecule has 2 fully saturated rings. The van der Waals surface area contributed by atoms with E-state index in [1.165, 1.54) is 5.56 Å². The van der Waals surface area contributed by atoms with Gasteiger partial charge in [-0.05, 0) is 42.7 Å². The fraction of sp³-hybridized carbons (Fsp3) is 0.391. The van der Waals surface area contributed by atoms with Gasteiger partial charge in [-0.1, -0.05) is 30.3 Å². The molecule has 2 heterocycles. The summed E-state index contributed by atoms with van der Waals surface area (Å²) in [6.45, 7) is 3.44. The summed E-state index contributed by atoms with van der Waals surface area (Å²) >= 11 is 0. The summed E-state index contributed by atoms with van der Waals surface area (Å²) in [4.78, 5) is 15.3. The molecule has 0 bridgehead atoms. The van der Waals surface area contributed by atoms with Crippen molar-refractivity contribution in [2.45, 2.75) is 24.8 Å². The first-order chi connectivity index (χ1) is 13.7. The molecule has 0 spiro atoms. The number of rotatable bonds is 4. The van der Waals surface area contributed by atoms with Crippen LogP contribution in [0.15, 0.2) is 54.6 Å². The number of carbonyl (C=O) groups excluding carboxylic acids is 1. The topological polar surface area (TPSA) is 68.2 Å². The summed E-state index contributed by atoms with van der Waals surface area (Å²) in [6, 6.07) is 20.5. The van der Waals surface area contributed by atoms with Gasteiger partial charge in [-0.3, -0.25) is 4.79 Å². The number of hydrogen-bond acceptors (Lipinski definition) is 4. The lowest BCUT2D eigenvalue weighted by Crippen LogP contribution is -2.47. The van der Waals surface area contributed by atoms with Gasteiger partial charge in [-0.25, -0.2) is 0 Å². The van der Waals surface area contributed by atoms with Gasteiger partial charge in [0.05, 0.1) is 17.6 Å². The van der Waals surface area contributed by atoms with Crippen molar-refractivity contribution < 1.29 is 4.79 Å². The highest BCUT2D eigenvalue weighted by atomic mass is 35.5. The molecule has 2 saturated heterocycles. The van der Waals surface area contributed by atoms with Gasteiger partial charge in [0.1, 0.15) is 0 Å². The Kier molecular flexibility index (Phi) is 8.98. The quantitative estimate of drug-likeness (QED) is 0.753. The van der Waals surface area contributed by atoms with Crippen LogP contribution in [0.1, 0.15) is 29.9 Å². The van der Waals surface area contributed by atoms with E-state index in [-0.39, 0.29) is 48.6 Å². The maximum atomic E-state index is 12.9. The molecule has 160 valence electrons. The third kappa shape index (κ3) is 5.46. The Balaban J connectivity index is 0.00000160. The maximum absolute atomic E-state index is 12.9. The summed E-state index contributed by atoms with van der Waals surface area (Å²) in [5.74, 6) is 0.426. The van der Waals surface area contributed by atoms with Gasteiger partial charge >= 0.3 is 0 Å². The molecular weight excluding hydrogens is 419 g/mol. The molecule has 0 radical (unpaired) electrons. The number of amides is 1. The van der Waals surface area contributed by atoms with Crippen LogP contribution in [-0.4, -0.2) is 38.1 Å². The lowest BCUT2D eigenvalue weighted by molar-refractivity contribution is -0.125. The summed E-state index contributed by atoms with van der Waals surface area (Å²) < 4.78 is 0. The van der Waals surface area contributed by atoms with Crippen molar-refractivity contribution in [1.29, 1.82) is 5.26 Å². The average molecular weight is 447 g/mol. The normalized spacial score (nSPS) is 21.1. The van der Waals surface area contributed by atoms with E-state index in [9.17, 15) is 4.79 Å². The van der Waals surface area contributed by atoms with E-state index in [2.05, 4.69) is 33.7 Å². The van der Waals surface area contributed by atoms with Crippen molar-refractivity contribution in [2.24, 2.45) is 5.92 Å². The zero-order chi connectivity index (χ0) is 19.3. The van der Waals surface area contributed by atoms with Crippen molar-refractivity contribution in [2.75, 3.05) is 31.1 Å². The summed E-state index contributed by atoms with van der Waals surface area (Å²) in [7, 11) is 0. The number of nitrogens with one attached hydrogen (secondary N) is 2. The smallest absolute Gasteiger partial charge is 0.225 e. The summed E-state index contributed by atoms with van der Waals surface area (Å²) in [5, 5.41) is 15.6. The van der Waals surface area contributed by atoms with Crippen LogP contribution in [0.25, 0.3) is 0 Å². The van der Waals surface area contributed by atoms with E-state index >= 15 is 0 Å². The van der Waals surface area contributed by atoms with Crippen LogP contribution in [0, 0.1) is 17.2 Å². The Labute approximate surface area is 190 Å². The van der Waals surface area contributed by atoms with Crippen LogP contribution in [0.4, 0.5) is 5.69 Å². The number of anilines is 1. The predicted molar refractivity (Wildman–Crippen MR) is 125 cm³/mol. The first-order valence-electron chi connectivity index (χ1n) is 10.1. The highest BCUT2D eigenvalue weighted by Gasteiger charge is 2.35. The number of hydrogen-bond donors (Lipinski definition) is 2. The molecule has 2 aliphatic heterocycles. The van der Waals surface area contributed by atoms with E-state index in [4.69, 9.17) is 5.26 Å². The predicted octanol–water partition coefficient (Wildman–Crippen LogP) is 3.49. The maximum Gasteiger partial charge on any atom is 0.225 e. The van der Waals surface area contributed by atoms with Crippen molar-refractivity contribution in [3.05, 3.63) is 65.7 Å². The molecule has 4 rings (SSSR count). The van der Waals surface area contributed by atoms with E-state index < -0.39 is 0 Å². The van der Waals surface area contributed by atoms with Gasteiger partial charge in [-0.2, -0.15) is 5.26 Å². The summed E-state index contributed by atoms with van der Waals surface area (Å²) in [6.07, 6.45) is 1.89. The highest BCUT2D eigenvalue weighted by Crippen LogP contribution is 2.29. The van der Waals surface area contributed by atoms with Crippen LogP contribution in [0.3, 0.4) is 0 Å². The van der Waals surface area contributed by atoms with Gasteiger partial charge < -0.3 is 15.5 Å². The lowest BCUT2D eigenvalue weighted by Gasteiger charge is -2.34. The minimum atomic E-state index is -0.000967. The van der Waals surface area contributed by atoms with Gasteiger partial charge in [0.25, 0.3) is 0 Å². The highest BCUT2D eigenvalue weighted by molar-refractivity contribution is 5.85. The molecule has 2 N–H and O–H groups in total. The van der Waals surface area contributed by atoms with Crippen LogP contribution >= 0.6 is 24.8 Å². The molecule has 5 nitrogen and oxygen atoms in total. The second kappa shape index (κ2) is 11.2. The first-order valence-corrected chi connectivity index (χ1v) is 10.1. The fourth-order valence-corrected chi connectivity index (χ4v) is 4.34. The molecule has 0 saturated carbocycles. The van der Waals surface area contributed by atoms with E-state index in [1.807, 2.05) is 42.5 Å². The Morgan fingerprint density at radius 1 is 1.00 bits per heavy atom. The minimum absolute atomic E-state index is 0. The van der Waals surface area contributed by atoms with E-state index in [0.717, 1.165) is 44.7 Å². The number of carbonyl (C=O) groups is 1. The fourth-order valence-electron chi connectivity index (χ4n) is 4.34. The van der Waals surface area contributed by atoms with E-state index in [1.54, 1.807) is 0 Å². The van der Waals surface area contributed by atoms with Crippen LogP contribution < -0.4 is 15.5 Å². The Hall–Kier alpha value is -2.26. The molecule has 2 aliphatic rings. The Morgan fingerprint density at radius 2 is 1.67 bits per heavy atom. The second-order valence-electron chi connectivity index (χ2n) is 7.71. The largest absolute Gasteiger partial charge is 0.371 e. The van der Waals surface area contributed by atoms with Gasteiger partial charge in [-0.15, -0.1) is 24.8 Å². The summed E-state index contributed by atoms with van der Waals surface area (Å²) in [5.41, 5.74) is 3.07. The molecule has 30 heavy (non-hydrogen) atoms. The molecular formula is C23H28Cl2N4O. The number of halogens is 2. The van der Waals surface area contributed by atoms with Crippen molar-refractivity contribution >= 4 is 36.4 Å². The number of benzene rings is 2. The third-order valence-corrected chi connectivity index (χ3v) is 5.98. The van der Waals surface area contributed by atoms with Gasteiger partial charge in [0.15, 0.2) is 0 Å². The molecule has 0 aliphatic carbocycles. The molecule has 2 unspecified atom stereocenters. The van der Waals surface area contributed by atoms with Crippen LogP contribution in [0.2, 0.25) is 0 Å². The number of piperidine rings is 1. The van der Waals surface area contributed by atoms with Gasteiger partial charge in [0, 0.05) is 43.8 Å². The Bertz CT molecular complexity index is 846. The standard InChI is InChI=1S/C23H26N4O.2ClH/c24-14-17-6-8-20(9-7-17)27-12-10-19(11-13-27)26-23(28)22-16-25-15-21(22)18-4-2-1-3-5-18;;/h1-9,19,21-22,25H,10-13,15-16H2,(H,26,28);2*1H. The molecule has 1 amide bonds. The zero-order valence-corrected chi connectivity index (χ0v) is 18.4. The van der Waals surface area contributed by atoms with E-state index in [0.29, 0.717) is 5.56 Å². The molecule has 2 aromatic carbocycles. The molecule has 0 aromatic heterocycles. The number of nitriles is 1. The number of nitrogens with zero attached hydrogens (tertiary/aromatic N) is 2. The Morgan fingerprint density at radius 3 is 2.30 bits per heavy atom. The van der Waals surface area contributed by atoms with Gasteiger partial charge in [0.2, 0.25) is 5.91 Å². The second-order valence-corrected chi connectivity index (χ2v) is 7.71. The third-order valence-electron chi connectivity index (χ3n) is 5.98. The lowest BCUT2D eigenvalue weighted by atomic mass is 9.88.